The fraction of sp³-hybridized carbons (Fsp3) is 0.556. The molecule has 0 radical (unpaired) electrons. The van der Waals surface area contributed by atoms with Crippen molar-refractivity contribution < 1.29 is 13.9 Å². The van der Waals surface area contributed by atoms with Gasteiger partial charge in [-0.1, -0.05) is 0 Å². The molecule has 0 aromatic heterocycles. The summed E-state index contributed by atoms with van der Waals surface area (Å²) in [4.78, 5) is 16.1. The van der Waals surface area contributed by atoms with Crippen LogP contribution in [0.5, 0.6) is 0 Å². The molecule has 0 saturated carbocycles. The number of ether oxygens (including phenoxy) is 1. The van der Waals surface area contributed by atoms with E-state index in [-0.39, 0.29) is 18.0 Å². The summed E-state index contributed by atoms with van der Waals surface area (Å²) in [5, 5.41) is 9.15. The van der Waals surface area contributed by atoms with Gasteiger partial charge >= 0.3 is 6.09 Å². The smallest absolute Gasteiger partial charge is 0.410 e. The van der Waals surface area contributed by atoms with Crippen molar-refractivity contribution in [3.05, 3.63) is 35.1 Å². The van der Waals surface area contributed by atoms with E-state index < -0.39 is 5.60 Å². The second-order valence-electron chi connectivity index (χ2n) is 7.17. The number of hydrogen-bond donors (Lipinski definition) is 0. The number of nitriles is 1. The van der Waals surface area contributed by atoms with Crippen molar-refractivity contribution in [2.45, 2.75) is 45.9 Å². The van der Waals surface area contributed by atoms with Crippen molar-refractivity contribution in [3.8, 4) is 6.07 Å². The second kappa shape index (κ2) is 7.18. The van der Waals surface area contributed by atoms with Gasteiger partial charge in [-0.3, -0.25) is 4.90 Å². The van der Waals surface area contributed by atoms with E-state index in [2.05, 4.69) is 11.0 Å². The molecule has 1 amide bonds. The van der Waals surface area contributed by atoms with E-state index >= 15 is 0 Å². The fourth-order valence-electron chi connectivity index (χ4n) is 2.81. The minimum Gasteiger partial charge on any atom is -0.444 e. The van der Waals surface area contributed by atoms with Crippen LogP contribution in [0.3, 0.4) is 0 Å². The molecule has 1 saturated heterocycles. The van der Waals surface area contributed by atoms with Gasteiger partial charge < -0.3 is 9.64 Å². The number of benzene rings is 1. The lowest BCUT2D eigenvalue weighted by Crippen LogP contribution is -2.54. The van der Waals surface area contributed by atoms with Crippen LogP contribution in [0.4, 0.5) is 9.18 Å². The zero-order valence-corrected chi connectivity index (χ0v) is 14.7. The van der Waals surface area contributed by atoms with Crippen molar-refractivity contribution in [2.24, 2.45) is 0 Å². The van der Waals surface area contributed by atoms with Crippen LogP contribution in [-0.4, -0.2) is 47.2 Å². The SMILES string of the molecule is C[C@H]1CN(Cc2cc(F)ccc2C#N)CCN1C(=O)OC(C)(C)C. The van der Waals surface area contributed by atoms with Crippen molar-refractivity contribution in [3.63, 3.8) is 0 Å². The Morgan fingerprint density at radius 1 is 1.42 bits per heavy atom. The molecule has 1 aromatic rings. The monoisotopic (exact) mass is 333 g/mol. The number of carbonyl (C=O) groups excluding carboxylic acids is 1. The highest BCUT2D eigenvalue weighted by atomic mass is 19.1. The first kappa shape index (κ1) is 18.2. The van der Waals surface area contributed by atoms with Gasteiger partial charge in [0.05, 0.1) is 11.6 Å². The molecule has 0 unspecified atom stereocenters. The maximum atomic E-state index is 13.4. The van der Waals surface area contributed by atoms with Gasteiger partial charge in [-0.15, -0.1) is 0 Å². The maximum Gasteiger partial charge on any atom is 0.410 e. The molecular formula is C18H24FN3O2. The topological polar surface area (TPSA) is 56.6 Å². The van der Waals surface area contributed by atoms with E-state index in [0.29, 0.717) is 37.3 Å². The van der Waals surface area contributed by atoms with E-state index in [1.165, 1.54) is 18.2 Å². The highest BCUT2D eigenvalue weighted by molar-refractivity contribution is 5.68. The molecule has 1 aliphatic heterocycles. The predicted molar refractivity (Wildman–Crippen MR) is 88.8 cm³/mol. The third kappa shape index (κ3) is 4.68. The van der Waals surface area contributed by atoms with Crippen LogP contribution < -0.4 is 0 Å². The molecular weight excluding hydrogens is 309 g/mol. The largest absolute Gasteiger partial charge is 0.444 e. The van der Waals surface area contributed by atoms with Crippen molar-refractivity contribution in [1.82, 2.24) is 9.80 Å². The lowest BCUT2D eigenvalue weighted by Gasteiger charge is -2.40. The summed E-state index contributed by atoms with van der Waals surface area (Å²) in [6.45, 7) is 9.86. The van der Waals surface area contributed by atoms with Gasteiger partial charge in [0.15, 0.2) is 0 Å². The summed E-state index contributed by atoms with van der Waals surface area (Å²) in [7, 11) is 0. The average molecular weight is 333 g/mol. The Balaban J connectivity index is 2.00. The number of hydrogen-bond acceptors (Lipinski definition) is 4. The summed E-state index contributed by atoms with van der Waals surface area (Å²) in [5.74, 6) is -0.343. The van der Waals surface area contributed by atoms with Crippen molar-refractivity contribution >= 4 is 6.09 Å². The zero-order valence-electron chi connectivity index (χ0n) is 14.7. The minimum absolute atomic E-state index is 0.00676. The molecule has 24 heavy (non-hydrogen) atoms. The number of nitrogens with zero attached hydrogens (tertiary/aromatic N) is 3. The normalized spacial score (nSPS) is 19.0. The van der Waals surface area contributed by atoms with Crippen LogP contribution in [-0.2, 0) is 11.3 Å². The van der Waals surface area contributed by atoms with Crippen LogP contribution in [0, 0.1) is 17.1 Å². The Bertz CT molecular complexity index is 649. The Kier molecular flexibility index (Phi) is 5.45. The quantitative estimate of drug-likeness (QED) is 0.834. The summed E-state index contributed by atoms with van der Waals surface area (Å²) in [6, 6.07) is 6.30. The van der Waals surface area contributed by atoms with E-state index in [1.54, 1.807) is 4.90 Å². The lowest BCUT2D eigenvalue weighted by molar-refractivity contribution is 0.000548. The molecule has 6 heteroatoms. The highest BCUT2D eigenvalue weighted by Gasteiger charge is 2.30. The van der Waals surface area contributed by atoms with E-state index in [9.17, 15) is 9.18 Å². The predicted octanol–water partition coefficient (Wildman–Crippen LogP) is 3.14. The van der Waals surface area contributed by atoms with Gasteiger partial charge in [0.25, 0.3) is 0 Å². The van der Waals surface area contributed by atoms with Gasteiger partial charge in [-0.25, -0.2) is 9.18 Å². The summed E-state index contributed by atoms with van der Waals surface area (Å²) >= 11 is 0. The van der Waals surface area contributed by atoms with E-state index in [0.717, 1.165) is 0 Å². The van der Waals surface area contributed by atoms with Crippen LogP contribution in [0.25, 0.3) is 0 Å². The van der Waals surface area contributed by atoms with Gasteiger partial charge in [0.1, 0.15) is 11.4 Å². The molecule has 1 aliphatic rings. The third-order valence-electron chi connectivity index (χ3n) is 3.92. The molecule has 1 heterocycles. The summed E-state index contributed by atoms with van der Waals surface area (Å²) < 4.78 is 18.9. The Morgan fingerprint density at radius 2 is 2.12 bits per heavy atom. The number of rotatable bonds is 2. The minimum atomic E-state index is -0.517. The number of carbonyl (C=O) groups is 1. The first-order valence-corrected chi connectivity index (χ1v) is 8.10. The molecule has 0 aliphatic carbocycles. The number of amides is 1. The zero-order chi connectivity index (χ0) is 17.9. The summed E-state index contributed by atoms with van der Waals surface area (Å²) in [5.41, 5.74) is 0.644. The van der Waals surface area contributed by atoms with Gasteiger partial charge in [-0.05, 0) is 51.5 Å². The molecule has 5 nitrogen and oxygen atoms in total. The molecule has 0 spiro atoms. The van der Waals surface area contributed by atoms with Gasteiger partial charge in [0.2, 0.25) is 0 Å². The molecule has 1 fully saturated rings. The van der Waals surface area contributed by atoms with Crippen LogP contribution in [0.15, 0.2) is 18.2 Å². The number of piperazine rings is 1. The Labute approximate surface area is 142 Å². The van der Waals surface area contributed by atoms with Gasteiger partial charge in [0, 0.05) is 32.2 Å². The maximum absolute atomic E-state index is 13.4. The molecule has 1 aromatic carbocycles. The van der Waals surface area contributed by atoms with E-state index in [4.69, 9.17) is 10.00 Å². The van der Waals surface area contributed by atoms with Crippen molar-refractivity contribution in [1.29, 1.82) is 5.26 Å². The lowest BCUT2D eigenvalue weighted by atomic mass is 10.1. The highest BCUT2D eigenvalue weighted by Crippen LogP contribution is 2.19. The molecule has 130 valence electrons. The average Bonchev–Trinajstić information content (AvgIpc) is 2.45. The third-order valence-corrected chi connectivity index (χ3v) is 3.92. The standard InChI is InChI=1S/C18H24FN3O2/c1-13-11-21(7-8-22(13)17(23)24-18(2,3)4)12-15-9-16(19)6-5-14(15)10-20/h5-6,9,13H,7-8,11-12H2,1-4H3/t13-/m0/s1. The molecule has 0 bridgehead atoms. The van der Waals surface area contributed by atoms with E-state index in [1.807, 2.05) is 27.7 Å². The number of halogens is 1. The van der Waals surface area contributed by atoms with Gasteiger partial charge in [-0.2, -0.15) is 5.26 Å². The first-order valence-electron chi connectivity index (χ1n) is 8.10. The van der Waals surface area contributed by atoms with Crippen LogP contribution in [0.1, 0.15) is 38.8 Å². The van der Waals surface area contributed by atoms with Crippen molar-refractivity contribution in [2.75, 3.05) is 19.6 Å². The van der Waals surface area contributed by atoms with Crippen LogP contribution >= 0.6 is 0 Å². The second-order valence-corrected chi connectivity index (χ2v) is 7.17. The molecule has 1 atom stereocenters. The Morgan fingerprint density at radius 3 is 2.71 bits per heavy atom. The Hall–Kier alpha value is -2.13. The molecule has 2 rings (SSSR count). The molecule has 0 N–H and O–H groups in total. The summed E-state index contributed by atoms with van der Waals surface area (Å²) in [6.07, 6.45) is -0.307. The van der Waals surface area contributed by atoms with Crippen LogP contribution in [0.2, 0.25) is 0 Å². The fourth-order valence-corrected chi connectivity index (χ4v) is 2.81. The first-order chi connectivity index (χ1) is 11.2.